The fraction of sp³-hybridized carbons (Fsp3) is 0.800. The van der Waals surface area contributed by atoms with Gasteiger partial charge >= 0.3 is 0 Å². The van der Waals surface area contributed by atoms with Gasteiger partial charge in [-0.1, -0.05) is 0 Å². The van der Waals surface area contributed by atoms with Gasteiger partial charge in [0.15, 0.2) is 0 Å². The smallest absolute Gasteiger partial charge is 0.0541 e. The Morgan fingerprint density at radius 2 is 2.14 bits per heavy atom. The van der Waals surface area contributed by atoms with Crippen molar-refractivity contribution in [2.45, 2.75) is 19.9 Å². The van der Waals surface area contributed by atoms with Crippen LogP contribution in [0.1, 0.15) is 13.8 Å². The summed E-state index contributed by atoms with van der Waals surface area (Å²) in [5.74, 6) is 0. The lowest BCUT2D eigenvalue weighted by molar-refractivity contribution is 0.843. The maximum Gasteiger partial charge on any atom is 0.0541 e. The largest absolute Gasteiger partial charge is 0.284 e. The van der Waals surface area contributed by atoms with Crippen molar-refractivity contribution < 1.29 is 0 Å². The van der Waals surface area contributed by atoms with E-state index in [0.717, 1.165) is 0 Å². The predicted octanol–water partition coefficient (Wildman–Crippen LogP) is 1.79. The van der Waals surface area contributed by atoms with Crippen molar-refractivity contribution in [3.63, 3.8) is 0 Å². The zero-order valence-electron chi connectivity index (χ0n) is 5.01. The molecule has 0 amide bonds. The fourth-order valence-corrected chi connectivity index (χ4v) is 0.548. The zero-order valence-corrected chi connectivity index (χ0v) is 5.83. The monoisotopic (exact) mass is 117 g/mol. The maximum absolute atomic E-state index is 4.08. The Morgan fingerprint density at radius 3 is 2.29 bits per heavy atom. The molecular weight excluding hydrogens is 106 g/mol. The van der Waals surface area contributed by atoms with Gasteiger partial charge in [-0.2, -0.15) is 0 Å². The Morgan fingerprint density at radius 1 is 1.57 bits per heavy atom. The molecule has 0 N–H and O–H groups in total. The Bertz CT molecular complexity index is 59.1. The summed E-state index contributed by atoms with van der Waals surface area (Å²) in [5, 5.41) is 0. The van der Waals surface area contributed by atoms with Gasteiger partial charge in [-0.25, -0.2) is 0 Å². The van der Waals surface area contributed by atoms with E-state index in [1.807, 2.05) is 11.8 Å². The topological polar surface area (TPSA) is 12.4 Å². The summed E-state index contributed by atoms with van der Waals surface area (Å²) in [4.78, 5) is 4.08. The molecule has 7 heavy (non-hydrogen) atoms. The van der Waals surface area contributed by atoms with E-state index >= 15 is 0 Å². The van der Waals surface area contributed by atoms with Crippen molar-refractivity contribution in [1.82, 2.24) is 0 Å². The van der Waals surface area contributed by atoms with E-state index in [9.17, 15) is 0 Å². The number of hydrogen-bond acceptors (Lipinski definition) is 2. The molecule has 0 atom stereocenters. The first-order chi connectivity index (χ1) is 3.27. The highest BCUT2D eigenvalue weighted by Gasteiger charge is 1.79. The summed E-state index contributed by atoms with van der Waals surface area (Å²) in [7, 11) is 0. The molecule has 0 rings (SSSR count). The van der Waals surface area contributed by atoms with Crippen molar-refractivity contribution in [3.05, 3.63) is 0 Å². The van der Waals surface area contributed by atoms with Gasteiger partial charge in [0.2, 0.25) is 0 Å². The lowest BCUT2D eigenvalue weighted by Gasteiger charge is -1.89. The first-order valence-corrected chi connectivity index (χ1v) is 3.60. The van der Waals surface area contributed by atoms with Crippen molar-refractivity contribution in [1.29, 1.82) is 0 Å². The van der Waals surface area contributed by atoms with Crippen LogP contribution in [0.4, 0.5) is 0 Å². The number of nitrogens with zero attached hydrogens (tertiary/aromatic N) is 1. The molecule has 0 fully saturated rings. The normalized spacial score (nSPS) is 11.4. The van der Waals surface area contributed by atoms with Crippen molar-refractivity contribution >= 4 is 17.3 Å². The van der Waals surface area contributed by atoms with Crippen LogP contribution in [0.2, 0.25) is 0 Å². The minimum absolute atomic E-state index is 0.451. The molecule has 0 saturated carbocycles. The molecule has 0 aliphatic carbocycles. The minimum Gasteiger partial charge on any atom is -0.284 e. The van der Waals surface area contributed by atoms with Gasteiger partial charge in [0, 0.05) is 6.04 Å². The van der Waals surface area contributed by atoms with Crippen LogP contribution in [0.5, 0.6) is 0 Å². The zero-order chi connectivity index (χ0) is 5.70. The van der Waals surface area contributed by atoms with E-state index in [-0.39, 0.29) is 0 Å². The number of rotatable bonds is 2. The van der Waals surface area contributed by atoms with Crippen LogP contribution in [0.3, 0.4) is 0 Å². The molecule has 0 aliphatic rings. The molecule has 0 radical (unpaired) electrons. The summed E-state index contributed by atoms with van der Waals surface area (Å²) in [6, 6.07) is 0.451. The van der Waals surface area contributed by atoms with Crippen molar-refractivity contribution in [2.75, 3.05) is 6.26 Å². The van der Waals surface area contributed by atoms with Gasteiger partial charge in [-0.3, -0.25) is 4.99 Å². The van der Waals surface area contributed by atoms with E-state index in [1.54, 1.807) is 11.8 Å². The first kappa shape index (κ1) is 7.02. The third-order valence-corrected chi connectivity index (χ3v) is 0.797. The summed E-state index contributed by atoms with van der Waals surface area (Å²) in [5.41, 5.74) is 1.87. The number of aliphatic imine (C=N–C) groups is 1. The fourth-order valence-electron chi connectivity index (χ4n) is 0.183. The second-order valence-corrected chi connectivity index (χ2v) is 2.27. The average Bonchev–Trinajstić information content (AvgIpc) is 1.61. The maximum atomic E-state index is 4.08. The average molecular weight is 117 g/mol. The van der Waals surface area contributed by atoms with E-state index in [4.69, 9.17) is 0 Å². The molecule has 0 saturated heterocycles. The molecule has 1 nitrogen and oxygen atoms in total. The highest BCUT2D eigenvalue weighted by Crippen LogP contribution is 1.88. The van der Waals surface area contributed by atoms with E-state index in [1.165, 1.54) is 0 Å². The predicted molar refractivity (Wildman–Crippen MR) is 37.1 cm³/mol. The van der Waals surface area contributed by atoms with Crippen molar-refractivity contribution in [3.8, 4) is 0 Å². The first-order valence-electron chi connectivity index (χ1n) is 2.32. The van der Waals surface area contributed by atoms with E-state index in [2.05, 4.69) is 18.8 Å². The van der Waals surface area contributed by atoms with Gasteiger partial charge in [0.05, 0.1) is 5.55 Å². The molecule has 0 aromatic heterocycles. The van der Waals surface area contributed by atoms with Crippen LogP contribution in [0, 0.1) is 0 Å². The molecule has 0 heterocycles. The number of thioether (sulfide) groups is 1. The highest BCUT2D eigenvalue weighted by atomic mass is 32.2. The van der Waals surface area contributed by atoms with Gasteiger partial charge in [-0.15, -0.1) is 11.8 Å². The quantitative estimate of drug-likeness (QED) is 0.397. The molecule has 0 spiro atoms. The van der Waals surface area contributed by atoms with Crippen LogP contribution < -0.4 is 0 Å². The van der Waals surface area contributed by atoms with Crippen LogP contribution in [-0.2, 0) is 0 Å². The Labute approximate surface area is 49.2 Å². The minimum atomic E-state index is 0.451. The molecule has 0 bridgehead atoms. The second kappa shape index (κ2) is 4.19. The summed E-state index contributed by atoms with van der Waals surface area (Å²) in [6.07, 6.45) is 2.01. The Hall–Kier alpha value is 0.0200. The second-order valence-electron chi connectivity index (χ2n) is 1.58. The molecule has 42 valence electrons. The van der Waals surface area contributed by atoms with Gasteiger partial charge < -0.3 is 0 Å². The molecule has 0 unspecified atom stereocenters. The molecule has 2 heteroatoms. The van der Waals surface area contributed by atoms with Crippen LogP contribution in [0.25, 0.3) is 0 Å². The molecule has 0 aliphatic heterocycles. The summed E-state index contributed by atoms with van der Waals surface area (Å²) < 4.78 is 0. The SMILES string of the molecule is CSC=NC(C)C. The van der Waals surface area contributed by atoms with Crippen LogP contribution >= 0.6 is 11.8 Å². The van der Waals surface area contributed by atoms with Gasteiger partial charge in [-0.05, 0) is 20.1 Å². The van der Waals surface area contributed by atoms with Crippen LogP contribution in [-0.4, -0.2) is 17.8 Å². The molecule has 0 aromatic carbocycles. The standard InChI is InChI=1S/C5H11NS/c1-5(2)6-4-7-3/h4-5H,1-3H3. The third kappa shape index (κ3) is 6.02. The lowest BCUT2D eigenvalue weighted by Crippen LogP contribution is -1.85. The Balaban J connectivity index is 3.08. The van der Waals surface area contributed by atoms with Crippen molar-refractivity contribution in [2.24, 2.45) is 4.99 Å². The third-order valence-electron chi connectivity index (χ3n) is 0.464. The van der Waals surface area contributed by atoms with Gasteiger partial charge in [0.25, 0.3) is 0 Å². The summed E-state index contributed by atoms with van der Waals surface area (Å²) in [6.45, 7) is 4.12. The molecular formula is C5H11NS. The Kier molecular flexibility index (Phi) is 4.20. The van der Waals surface area contributed by atoms with E-state index in [0.29, 0.717) is 6.04 Å². The lowest BCUT2D eigenvalue weighted by atomic mass is 10.4. The van der Waals surface area contributed by atoms with Gasteiger partial charge in [0.1, 0.15) is 0 Å². The van der Waals surface area contributed by atoms with E-state index < -0.39 is 0 Å². The number of hydrogen-bond donors (Lipinski definition) is 0. The highest BCUT2D eigenvalue weighted by molar-refractivity contribution is 8.11. The molecule has 0 aromatic rings. The van der Waals surface area contributed by atoms with Crippen LogP contribution in [0.15, 0.2) is 4.99 Å². The summed E-state index contributed by atoms with van der Waals surface area (Å²) >= 11 is 1.64.